The minimum Gasteiger partial charge on any atom is -0.372 e. The lowest BCUT2D eigenvalue weighted by atomic mass is 9.95. The van der Waals surface area contributed by atoms with E-state index in [-0.39, 0.29) is 5.41 Å². The molecular weight excluding hydrogens is 156 g/mol. The van der Waals surface area contributed by atoms with Crippen LogP contribution in [0.25, 0.3) is 0 Å². The van der Waals surface area contributed by atoms with Gasteiger partial charge in [0, 0.05) is 11.9 Å². The first-order valence-corrected chi connectivity index (χ1v) is 4.46. The standard InChI is InChI=1S/C8H14N2S/c1-8(2,3)6-5-7(9-4)10-11-6/h5H,1-4H3,(H,9,10). The van der Waals surface area contributed by atoms with Gasteiger partial charge < -0.3 is 5.32 Å². The summed E-state index contributed by atoms with van der Waals surface area (Å²) in [5.41, 5.74) is 0.229. The molecule has 0 spiro atoms. The maximum atomic E-state index is 4.23. The molecule has 62 valence electrons. The van der Waals surface area contributed by atoms with E-state index in [0.29, 0.717) is 0 Å². The van der Waals surface area contributed by atoms with E-state index < -0.39 is 0 Å². The van der Waals surface area contributed by atoms with E-state index in [9.17, 15) is 0 Å². The number of nitrogens with zero attached hydrogens (tertiary/aromatic N) is 1. The lowest BCUT2D eigenvalue weighted by Gasteiger charge is -2.13. The van der Waals surface area contributed by atoms with Crippen molar-refractivity contribution in [3.05, 3.63) is 10.9 Å². The average molecular weight is 170 g/mol. The Kier molecular flexibility index (Phi) is 2.18. The van der Waals surface area contributed by atoms with Gasteiger partial charge in [-0.3, -0.25) is 0 Å². The van der Waals surface area contributed by atoms with E-state index >= 15 is 0 Å². The minimum atomic E-state index is 0.229. The van der Waals surface area contributed by atoms with Crippen molar-refractivity contribution in [2.45, 2.75) is 26.2 Å². The number of rotatable bonds is 1. The smallest absolute Gasteiger partial charge is 0.139 e. The third kappa shape index (κ3) is 1.93. The van der Waals surface area contributed by atoms with Gasteiger partial charge in [-0.2, -0.15) is 4.37 Å². The molecule has 3 heteroatoms. The van der Waals surface area contributed by atoms with Gasteiger partial charge >= 0.3 is 0 Å². The van der Waals surface area contributed by atoms with Crippen LogP contribution < -0.4 is 5.32 Å². The zero-order valence-corrected chi connectivity index (χ0v) is 8.25. The van der Waals surface area contributed by atoms with E-state index in [1.165, 1.54) is 4.88 Å². The monoisotopic (exact) mass is 170 g/mol. The topological polar surface area (TPSA) is 24.9 Å². The molecule has 0 amide bonds. The highest BCUT2D eigenvalue weighted by Gasteiger charge is 2.16. The Morgan fingerprint density at radius 3 is 2.36 bits per heavy atom. The number of hydrogen-bond acceptors (Lipinski definition) is 3. The van der Waals surface area contributed by atoms with E-state index in [0.717, 1.165) is 5.82 Å². The number of aromatic nitrogens is 1. The maximum Gasteiger partial charge on any atom is 0.139 e. The van der Waals surface area contributed by atoms with Crippen LogP contribution in [0, 0.1) is 0 Å². The first-order chi connectivity index (χ1) is 5.04. The molecule has 1 heterocycles. The molecule has 1 N–H and O–H groups in total. The number of nitrogens with one attached hydrogen (secondary N) is 1. The van der Waals surface area contributed by atoms with Crippen LogP contribution in [0.4, 0.5) is 5.82 Å². The van der Waals surface area contributed by atoms with Crippen molar-refractivity contribution in [2.24, 2.45) is 0 Å². The Morgan fingerprint density at radius 1 is 1.45 bits per heavy atom. The van der Waals surface area contributed by atoms with Crippen LogP contribution in [0.2, 0.25) is 0 Å². The molecule has 0 bridgehead atoms. The average Bonchev–Trinajstić information content (AvgIpc) is 2.32. The van der Waals surface area contributed by atoms with Crippen LogP contribution in [0.5, 0.6) is 0 Å². The summed E-state index contributed by atoms with van der Waals surface area (Å²) in [6, 6.07) is 2.10. The largest absolute Gasteiger partial charge is 0.372 e. The fourth-order valence-electron chi connectivity index (χ4n) is 0.746. The Bertz CT molecular complexity index is 234. The summed E-state index contributed by atoms with van der Waals surface area (Å²) < 4.78 is 4.23. The van der Waals surface area contributed by atoms with Crippen molar-refractivity contribution < 1.29 is 0 Å². The molecule has 0 radical (unpaired) electrons. The summed E-state index contributed by atoms with van der Waals surface area (Å²) in [4.78, 5) is 1.32. The first-order valence-electron chi connectivity index (χ1n) is 3.69. The lowest BCUT2D eigenvalue weighted by Crippen LogP contribution is -2.07. The van der Waals surface area contributed by atoms with Crippen molar-refractivity contribution >= 4 is 17.4 Å². The summed E-state index contributed by atoms with van der Waals surface area (Å²) in [5.74, 6) is 0.972. The molecule has 0 aliphatic heterocycles. The molecule has 0 atom stereocenters. The predicted octanol–water partition coefficient (Wildman–Crippen LogP) is 2.48. The van der Waals surface area contributed by atoms with Crippen molar-refractivity contribution in [3.63, 3.8) is 0 Å². The molecule has 1 aromatic heterocycles. The van der Waals surface area contributed by atoms with Gasteiger partial charge in [0.05, 0.1) is 0 Å². The first kappa shape index (κ1) is 8.53. The quantitative estimate of drug-likeness (QED) is 0.700. The highest BCUT2D eigenvalue weighted by atomic mass is 32.1. The maximum absolute atomic E-state index is 4.23. The van der Waals surface area contributed by atoms with Crippen molar-refractivity contribution in [1.82, 2.24) is 4.37 Å². The van der Waals surface area contributed by atoms with Gasteiger partial charge in [-0.05, 0) is 23.0 Å². The normalized spacial score (nSPS) is 11.6. The van der Waals surface area contributed by atoms with Crippen molar-refractivity contribution in [1.29, 1.82) is 0 Å². The summed E-state index contributed by atoms with van der Waals surface area (Å²) in [7, 11) is 1.89. The zero-order valence-electron chi connectivity index (χ0n) is 7.43. The van der Waals surface area contributed by atoms with E-state index in [1.807, 2.05) is 7.05 Å². The van der Waals surface area contributed by atoms with E-state index in [4.69, 9.17) is 0 Å². The number of hydrogen-bond donors (Lipinski definition) is 1. The summed E-state index contributed by atoms with van der Waals surface area (Å²) in [6.07, 6.45) is 0. The molecule has 0 fully saturated rings. The van der Waals surface area contributed by atoms with Crippen molar-refractivity contribution in [3.8, 4) is 0 Å². The third-order valence-electron chi connectivity index (χ3n) is 1.51. The van der Waals surface area contributed by atoms with Gasteiger partial charge in [-0.15, -0.1) is 0 Å². The fourth-order valence-corrected chi connectivity index (χ4v) is 1.53. The Hall–Kier alpha value is -0.570. The van der Waals surface area contributed by atoms with Gasteiger partial charge in [-0.1, -0.05) is 20.8 Å². The molecule has 0 unspecified atom stereocenters. The molecule has 0 saturated heterocycles. The van der Waals surface area contributed by atoms with Gasteiger partial charge in [0.25, 0.3) is 0 Å². The third-order valence-corrected chi connectivity index (χ3v) is 2.72. The summed E-state index contributed by atoms with van der Waals surface area (Å²) in [6.45, 7) is 6.58. The molecule has 0 aliphatic rings. The predicted molar refractivity (Wildman–Crippen MR) is 50.4 cm³/mol. The molecular formula is C8H14N2S. The lowest BCUT2D eigenvalue weighted by molar-refractivity contribution is 0.604. The van der Waals surface area contributed by atoms with Gasteiger partial charge in [0.15, 0.2) is 0 Å². The van der Waals surface area contributed by atoms with Crippen LogP contribution in [-0.2, 0) is 5.41 Å². The Labute approximate surface area is 71.8 Å². The second kappa shape index (κ2) is 2.81. The molecule has 1 aromatic rings. The van der Waals surface area contributed by atoms with Gasteiger partial charge in [0.1, 0.15) is 5.82 Å². The molecule has 0 aliphatic carbocycles. The number of anilines is 1. The van der Waals surface area contributed by atoms with Crippen LogP contribution in [-0.4, -0.2) is 11.4 Å². The van der Waals surface area contributed by atoms with Crippen LogP contribution in [0.1, 0.15) is 25.6 Å². The van der Waals surface area contributed by atoms with E-state index in [2.05, 4.69) is 36.5 Å². The Balaban J connectivity index is 2.89. The summed E-state index contributed by atoms with van der Waals surface area (Å²) >= 11 is 1.57. The van der Waals surface area contributed by atoms with Crippen molar-refractivity contribution in [2.75, 3.05) is 12.4 Å². The minimum absolute atomic E-state index is 0.229. The summed E-state index contributed by atoms with van der Waals surface area (Å²) in [5, 5.41) is 3.02. The van der Waals surface area contributed by atoms with Crippen LogP contribution in [0.3, 0.4) is 0 Å². The molecule has 0 saturated carbocycles. The van der Waals surface area contributed by atoms with E-state index in [1.54, 1.807) is 11.5 Å². The zero-order chi connectivity index (χ0) is 8.48. The van der Waals surface area contributed by atoms with Gasteiger partial charge in [-0.25, -0.2) is 0 Å². The van der Waals surface area contributed by atoms with Gasteiger partial charge in [0.2, 0.25) is 0 Å². The van der Waals surface area contributed by atoms with Crippen LogP contribution >= 0.6 is 11.5 Å². The molecule has 0 aromatic carbocycles. The fraction of sp³-hybridized carbons (Fsp3) is 0.625. The molecule has 2 nitrogen and oxygen atoms in total. The second-order valence-corrected chi connectivity index (χ2v) is 4.38. The highest BCUT2D eigenvalue weighted by molar-refractivity contribution is 7.06. The second-order valence-electron chi connectivity index (χ2n) is 3.58. The molecule has 1 rings (SSSR count). The van der Waals surface area contributed by atoms with Crippen LogP contribution in [0.15, 0.2) is 6.07 Å². The SMILES string of the molecule is CNc1cc(C(C)(C)C)sn1. The highest BCUT2D eigenvalue weighted by Crippen LogP contribution is 2.27. The molecule has 11 heavy (non-hydrogen) atoms. The Morgan fingerprint density at radius 2 is 2.09 bits per heavy atom.